The number of carbonyl (C=O) groups is 1. The van der Waals surface area contributed by atoms with E-state index in [9.17, 15) is 9.18 Å². The molecule has 0 aromatic carbocycles. The molecule has 0 saturated carbocycles. The normalized spacial score (nSPS) is 21.5. The van der Waals surface area contributed by atoms with Crippen molar-refractivity contribution < 1.29 is 9.18 Å². The van der Waals surface area contributed by atoms with E-state index in [-0.39, 0.29) is 5.92 Å². The summed E-state index contributed by atoms with van der Waals surface area (Å²) in [7, 11) is 2.02. The molecular formula is C16H25FN4O. The lowest BCUT2D eigenvalue weighted by Gasteiger charge is -2.32. The summed E-state index contributed by atoms with van der Waals surface area (Å²) in [5.41, 5.74) is 9.06. The van der Waals surface area contributed by atoms with Gasteiger partial charge in [-0.25, -0.2) is 4.39 Å². The third kappa shape index (κ3) is 3.02. The highest BCUT2D eigenvalue weighted by Gasteiger charge is 2.30. The molecule has 2 heterocycles. The van der Waals surface area contributed by atoms with E-state index in [1.807, 2.05) is 11.7 Å². The van der Waals surface area contributed by atoms with Crippen LogP contribution in [-0.2, 0) is 31.2 Å². The highest BCUT2D eigenvalue weighted by atomic mass is 19.1. The van der Waals surface area contributed by atoms with E-state index in [0.717, 1.165) is 32.5 Å². The zero-order chi connectivity index (χ0) is 15.7. The number of halogens is 1. The van der Waals surface area contributed by atoms with Crippen LogP contribution in [-0.4, -0.2) is 39.8 Å². The van der Waals surface area contributed by atoms with Crippen LogP contribution in [0.25, 0.3) is 0 Å². The second-order valence-corrected chi connectivity index (χ2v) is 6.62. The summed E-state index contributed by atoms with van der Waals surface area (Å²) in [6, 6.07) is 0. The van der Waals surface area contributed by atoms with Gasteiger partial charge in [0.15, 0.2) is 6.17 Å². The monoisotopic (exact) mass is 308 g/mol. The number of amides is 1. The Labute approximate surface area is 130 Å². The minimum atomic E-state index is -1.49. The van der Waals surface area contributed by atoms with Gasteiger partial charge < -0.3 is 5.73 Å². The molecule has 1 aromatic rings. The number of alkyl halides is 1. The van der Waals surface area contributed by atoms with Crippen molar-refractivity contribution >= 4 is 5.91 Å². The maximum Gasteiger partial charge on any atom is 0.252 e. The van der Waals surface area contributed by atoms with E-state index in [0.29, 0.717) is 12.8 Å². The molecule has 0 spiro atoms. The molecule has 6 heteroatoms. The standard InChI is InChI=1S/C16H25FN4O/c1-20-14(12-4-2-3-5-13(12)19-20)10-21-8-6-11(7-9-21)15(17)16(18)22/h11,15H,2-10H2,1H3,(H2,18,22). The van der Waals surface area contributed by atoms with Gasteiger partial charge in [-0.2, -0.15) is 5.10 Å². The molecule has 22 heavy (non-hydrogen) atoms. The van der Waals surface area contributed by atoms with E-state index >= 15 is 0 Å². The van der Waals surface area contributed by atoms with E-state index in [1.54, 1.807) is 0 Å². The van der Waals surface area contributed by atoms with Crippen LogP contribution in [0.5, 0.6) is 0 Å². The minimum Gasteiger partial charge on any atom is -0.367 e. The van der Waals surface area contributed by atoms with E-state index < -0.39 is 12.1 Å². The van der Waals surface area contributed by atoms with Crippen LogP contribution in [0.2, 0.25) is 0 Å². The molecule has 1 aromatic heterocycles. The first-order valence-electron chi connectivity index (χ1n) is 8.25. The van der Waals surface area contributed by atoms with Crippen LogP contribution in [0.3, 0.4) is 0 Å². The Balaban J connectivity index is 1.62. The molecule has 122 valence electrons. The molecule has 1 saturated heterocycles. The van der Waals surface area contributed by atoms with Gasteiger partial charge in [0, 0.05) is 19.5 Å². The summed E-state index contributed by atoms with van der Waals surface area (Å²) in [4.78, 5) is 13.3. The second-order valence-electron chi connectivity index (χ2n) is 6.62. The van der Waals surface area contributed by atoms with Gasteiger partial charge in [0.05, 0.1) is 11.4 Å². The molecular weight excluding hydrogens is 283 g/mol. The Bertz CT molecular complexity index is 549. The van der Waals surface area contributed by atoms with Crippen molar-refractivity contribution in [3.63, 3.8) is 0 Å². The third-order valence-corrected chi connectivity index (χ3v) is 5.14. The van der Waals surface area contributed by atoms with Crippen LogP contribution >= 0.6 is 0 Å². The molecule has 1 fully saturated rings. The predicted octanol–water partition coefficient (Wildman–Crippen LogP) is 1.33. The van der Waals surface area contributed by atoms with Crippen LogP contribution in [0.15, 0.2) is 0 Å². The molecule has 0 bridgehead atoms. The summed E-state index contributed by atoms with van der Waals surface area (Å²) in [5, 5.41) is 4.65. The van der Waals surface area contributed by atoms with Crippen LogP contribution in [0.1, 0.15) is 42.6 Å². The summed E-state index contributed by atoms with van der Waals surface area (Å²) in [5.74, 6) is -1.03. The first-order chi connectivity index (χ1) is 10.6. The molecule has 1 amide bonds. The number of carbonyl (C=O) groups excluding carboxylic acids is 1. The first kappa shape index (κ1) is 15.5. The number of primary amides is 1. The highest BCUT2D eigenvalue weighted by Crippen LogP contribution is 2.27. The van der Waals surface area contributed by atoms with Crippen LogP contribution in [0, 0.1) is 5.92 Å². The SMILES string of the molecule is Cn1nc2c(c1CN1CCC(C(F)C(N)=O)CC1)CCCC2. The zero-order valence-corrected chi connectivity index (χ0v) is 13.2. The Kier molecular flexibility index (Phi) is 4.47. The Morgan fingerprint density at radius 1 is 1.36 bits per heavy atom. The number of hydrogen-bond acceptors (Lipinski definition) is 3. The van der Waals surface area contributed by atoms with Crippen molar-refractivity contribution in [1.29, 1.82) is 0 Å². The molecule has 0 radical (unpaired) electrons. The van der Waals surface area contributed by atoms with Gasteiger partial charge in [-0.3, -0.25) is 14.4 Å². The van der Waals surface area contributed by atoms with Crippen molar-refractivity contribution in [2.75, 3.05) is 13.1 Å². The molecule has 1 atom stereocenters. The minimum absolute atomic E-state index is 0.214. The van der Waals surface area contributed by atoms with E-state index in [2.05, 4.69) is 10.00 Å². The first-order valence-corrected chi connectivity index (χ1v) is 8.25. The number of hydrogen-bond donors (Lipinski definition) is 1. The maximum absolute atomic E-state index is 13.7. The molecule has 2 aliphatic rings. The molecule has 2 N–H and O–H groups in total. The van der Waals surface area contributed by atoms with Gasteiger partial charge in [0.2, 0.25) is 0 Å². The molecule has 3 rings (SSSR count). The summed E-state index contributed by atoms with van der Waals surface area (Å²) in [6.45, 7) is 2.51. The van der Waals surface area contributed by atoms with Crippen molar-refractivity contribution in [2.24, 2.45) is 18.7 Å². The van der Waals surface area contributed by atoms with Crippen molar-refractivity contribution in [1.82, 2.24) is 14.7 Å². The number of fused-ring (bicyclic) bond motifs is 1. The number of aryl methyl sites for hydroxylation is 2. The largest absolute Gasteiger partial charge is 0.367 e. The quantitative estimate of drug-likeness (QED) is 0.913. The Morgan fingerprint density at radius 2 is 2.05 bits per heavy atom. The van der Waals surface area contributed by atoms with Gasteiger partial charge in [-0.15, -0.1) is 0 Å². The van der Waals surface area contributed by atoms with Crippen molar-refractivity contribution in [3.8, 4) is 0 Å². The highest BCUT2D eigenvalue weighted by molar-refractivity contribution is 5.79. The molecule has 1 aliphatic carbocycles. The van der Waals surface area contributed by atoms with Crippen LogP contribution in [0.4, 0.5) is 4.39 Å². The fourth-order valence-electron chi connectivity index (χ4n) is 3.79. The molecule has 1 aliphatic heterocycles. The number of aromatic nitrogens is 2. The third-order valence-electron chi connectivity index (χ3n) is 5.14. The lowest BCUT2D eigenvalue weighted by molar-refractivity contribution is -0.125. The summed E-state index contributed by atoms with van der Waals surface area (Å²) in [6.07, 6.45) is 4.60. The van der Waals surface area contributed by atoms with Gasteiger partial charge in [-0.05, 0) is 57.2 Å². The number of nitrogens with zero attached hydrogens (tertiary/aromatic N) is 3. The fourth-order valence-corrected chi connectivity index (χ4v) is 3.79. The van der Waals surface area contributed by atoms with E-state index in [1.165, 1.54) is 29.8 Å². The van der Waals surface area contributed by atoms with Crippen LogP contribution < -0.4 is 5.73 Å². The Morgan fingerprint density at radius 3 is 2.73 bits per heavy atom. The molecule has 1 unspecified atom stereocenters. The fraction of sp³-hybridized carbons (Fsp3) is 0.750. The topological polar surface area (TPSA) is 64.2 Å². The average molecular weight is 308 g/mol. The zero-order valence-electron chi connectivity index (χ0n) is 13.2. The number of nitrogens with two attached hydrogens (primary N) is 1. The maximum atomic E-state index is 13.7. The van der Waals surface area contributed by atoms with E-state index in [4.69, 9.17) is 5.73 Å². The summed E-state index contributed by atoms with van der Waals surface area (Å²) >= 11 is 0. The van der Waals surface area contributed by atoms with Crippen molar-refractivity contribution in [3.05, 3.63) is 17.0 Å². The molecule has 5 nitrogen and oxygen atoms in total. The van der Waals surface area contributed by atoms with Gasteiger partial charge in [0.25, 0.3) is 5.91 Å². The average Bonchev–Trinajstić information content (AvgIpc) is 2.83. The predicted molar refractivity (Wildman–Crippen MR) is 81.9 cm³/mol. The smallest absolute Gasteiger partial charge is 0.252 e. The van der Waals surface area contributed by atoms with Gasteiger partial charge >= 0.3 is 0 Å². The number of likely N-dealkylation sites (tertiary alicyclic amines) is 1. The van der Waals surface area contributed by atoms with Gasteiger partial charge in [0.1, 0.15) is 0 Å². The summed E-state index contributed by atoms with van der Waals surface area (Å²) < 4.78 is 15.7. The second kappa shape index (κ2) is 6.36. The number of rotatable bonds is 4. The Hall–Kier alpha value is -1.43. The lowest BCUT2D eigenvalue weighted by Crippen LogP contribution is -2.40. The number of piperidine rings is 1. The van der Waals surface area contributed by atoms with Gasteiger partial charge in [-0.1, -0.05) is 0 Å². The van der Waals surface area contributed by atoms with Crippen molar-refractivity contribution in [2.45, 2.75) is 51.2 Å². The lowest BCUT2D eigenvalue weighted by atomic mass is 9.91.